The minimum atomic E-state index is 0.352. The lowest BCUT2D eigenvalue weighted by Gasteiger charge is -2.29. The zero-order valence-electron chi connectivity index (χ0n) is 17.2. The van der Waals surface area contributed by atoms with Crippen molar-refractivity contribution in [2.75, 3.05) is 36.5 Å². The molecule has 1 N–H and O–H groups in total. The quantitative estimate of drug-likeness (QED) is 0.328. The van der Waals surface area contributed by atoms with Gasteiger partial charge in [-0.05, 0) is 48.5 Å². The van der Waals surface area contributed by atoms with Crippen LogP contribution in [0, 0.1) is 0 Å². The zero-order valence-corrected chi connectivity index (χ0v) is 21.1. The number of halogens is 4. The van der Waals surface area contributed by atoms with E-state index >= 15 is 0 Å². The Bertz CT molecular complexity index is 1090. The van der Waals surface area contributed by atoms with Gasteiger partial charge in [-0.15, -0.1) is 0 Å². The number of morpholine rings is 1. The molecule has 1 heterocycles. The molecule has 1 saturated heterocycles. The van der Waals surface area contributed by atoms with Crippen LogP contribution in [0.25, 0.3) is 0 Å². The second-order valence-corrected chi connectivity index (χ2v) is 9.56. The van der Waals surface area contributed by atoms with Crippen molar-refractivity contribution >= 4 is 62.1 Å². The summed E-state index contributed by atoms with van der Waals surface area (Å²) >= 11 is 22.4. The van der Waals surface area contributed by atoms with E-state index in [9.17, 15) is 0 Å². The Morgan fingerprint density at radius 3 is 2.47 bits per heavy atom. The smallest absolute Gasteiger partial charge is 0.124 e. The van der Waals surface area contributed by atoms with E-state index < -0.39 is 0 Å². The van der Waals surface area contributed by atoms with Gasteiger partial charge in [-0.1, -0.05) is 56.8 Å². The van der Waals surface area contributed by atoms with Gasteiger partial charge >= 0.3 is 0 Å². The van der Waals surface area contributed by atoms with Gasteiger partial charge in [0.05, 0.1) is 23.9 Å². The molecule has 3 aromatic rings. The van der Waals surface area contributed by atoms with Crippen LogP contribution in [-0.2, 0) is 17.9 Å². The Morgan fingerprint density at radius 2 is 1.72 bits per heavy atom. The van der Waals surface area contributed by atoms with Gasteiger partial charge in [-0.25, -0.2) is 0 Å². The topological polar surface area (TPSA) is 33.7 Å². The minimum Gasteiger partial charge on any atom is -0.488 e. The highest BCUT2D eigenvalue weighted by molar-refractivity contribution is 9.10. The van der Waals surface area contributed by atoms with E-state index in [4.69, 9.17) is 44.3 Å². The molecule has 0 bridgehead atoms. The van der Waals surface area contributed by atoms with Gasteiger partial charge in [0.1, 0.15) is 12.4 Å². The van der Waals surface area contributed by atoms with Gasteiger partial charge in [0.15, 0.2) is 0 Å². The lowest BCUT2D eigenvalue weighted by atomic mass is 10.2. The average Bonchev–Trinajstić information content (AvgIpc) is 2.78. The van der Waals surface area contributed by atoms with Crippen LogP contribution in [0.15, 0.2) is 59.1 Å². The van der Waals surface area contributed by atoms with E-state index in [1.54, 1.807) is 12.1 Å². The first-order valence-corrected chi connectivity index (χ1v) is 12.1. The lowest BCUT2D eigenvalue weighted by Crippen LogP contribution is -2.36. The van der Waals surface area contributed by atoms with Crippen LogP contribution >= 0.6 is 50.7 Å². The highest BCUT2D eigenvalue weighted by Crippen LogP contribution is 2.31. The molecule has 168 valence electrons. The van der Waals surface area contributed by atoms with Crippen molar-refractivity contribution in [3.05, 3.63) is 85.3 Å². The monoisotopic (exact) mass is 554 g/mol. The molecule has 0 radical (unpaired) electrons. The van der Waals surface area contributed by atoms with Gasteiger partial charge in [0, 0.05) is 51.0 Å². The molecule has 3 aromatic carbocycles. The fourth-order valence-electron chi connectivity index (χ4n) is 3.50. The molecule has 1 aliphatic heterocycles. The van der Waals surface area contributed by atoms with Crippen LogP contribution < -0.4 is 15.0 Å². The summed E-state index contributed by atoms with van der Waals surface area (Å²) in [5.41, 5.74) is 3.87. The standard InChI is InChI=1S/C24H22BrCl3N2O2/c25-18-2-6-24(32-15-16-1-3-19(26)12-21(16)27)17(11-18)14-29-20-4-5-23(22(28)13-20)30-7-9-31-10-8-30/h1-6,11-13,29H,7-10,14-15H2. The molecule has 1 aliphatic rings. The maximum absolute atomic E-state index is 6.57. The molecule has 0 saturated carbocycles. The van der Waals surface area contributed by atoms with Crippen LogP contribution in [-0.4, -0.2) is 26.3 Å². The van der Waals surface area contributed by atoms with Crippen LogP contribution in [0.3, 0.4) is 0 Å². The molecule has 1 fully saturated rings. The summed E-state index contributed by atoms with van der Waals surface area (Å²) in [5.74, 6) is 0.780. The zero-order chi connectivity index (χ0) is 22.5. The molecule has 32 heavy (non-hydrogen) atoms. The van der Waals surface area contributed by atoms with E-state index in [0.717, 1.165) is 64.0 Å². The minimum absolute atomic E-state index is 0.352. The van der Waals surface area contributed by atoms with Crippen molar-refractivity contribution in [1.82, 2.24) is 0 Å². The molecule has 0 unspecified atom stereocenters. The van der Waals surface area contributed by atoms with Crippen molar-refractivity contribution in [1.29, 1.82) is 0 Å². The number of anilines is 2. The Labute approximate surface area is 211 Å². The van der Waals surface area contributed by atoms with E-state index in [-0.39, 0.29) is 0 Å². The number of ether oxygens (including phenoxy) is 2. The predicted molar refractivity (Wildman–Crippen MR) is 137 cm³/mol. The average molecular weight is 557 g/mol. The number of hydrogen-bond acceptors (Lipinski definition) is 4. The predicted octanol–water partition coefficient (Wildman–Crippen LogP) is 7.44. The molecule has 8 heteroatoms. The Balaban J connectivity index is 1.43. The lowest BCUT2D eigenvalue weighted by molar-refractivity contribution is 0.122. The third-order valence-electron chi connectivity index (χ3n) is 5.20. The van der Waals surface area contributed by atoms with E-state index in [1.807, 2.05) is 36.4 Å². The van der Waals surface area contributed by atoms with Crippen LogP contribution in [0.4, 0.5) is 11.4 Å². The second-order valence-electron chi connectivity index (χ2n) is 7.40. The molecule has 0 amide bonds. The number of hydrogen-bond donors (Lipinski definition) is 1. The maximum Gasteiger partial charge on any atom is 0.124 e. The molecule has 0 aliphatic carbocycles. The number of nitrogens with one attached hydrogen (secondary N) is 1. The molecule has 0 aromatic heterocycles. The Kier molecular flexibility index (Phi) is 8.08. The first-order valence-electron chi connectivity index (χ1n) is 10.2. The van der Waals surface area contributed by atoms with Crippen molar-refractivity contribution in [3.8, 4) is 5.75 Å². The maximum atomic E-state index is 6.57. The highest BCUT2D eigenvalue weighted by atomic mass is 79.9. The van der Waals surface area contributed by atoms with E-state index in [1.165, 1.54) is 0 Å². The first kappa shape index (κ1) is 23.5. The van der Waals surface area contributed by atoms with Gasteiger partial charge in [0.2, 0.25) is 0 Å². The normalized spacial score (nSPS) is 13.8. The summed E-state index contributed by atoms with van der Waals surface area (Å²) in [6, 6.07) is 17.4. The summed E-state index contributed by atoms with van der Waals surface area (Å²) in [6.07, 6.45) is 0. The SMILES string of the molecule is Clc1ccc(COc2ccc(Br)cc2CNc2ccc(N3CCOCC3)c(Cl)c2)c(Cl)c1. The molecule has 4 rings (SSSR count). The summed E-state index contributed by atoms with van der Waals surface area (Å²) in [5, 5.41) is 5.36. The first-order chi connectivity index (χ1) is 15.5. The fraction of sp³-hybridized carbons (Fsp3) is 0.250. The highest BCUT2D eigenvalue weighted by Gasteiger charge is 2.14. The van der Waals surface area contributed by atoms with Gasteiger partial charge in [0.25, 0.3) is 0 Å². The molecule has 0 spiro atoms. The molecular weight excluding hydrogens is 535 g/mol. The van der Waals surface area contributed by atoms with Crippen LogP contribution in [0.5, 0.6) is 5.75 Å². The van der Waals surface area contributed by atoms with Gasteiger partial charge in [-0.3, -0.25) is 0 Å². The van der Waals surface area contributed by atoms with Crippen molar-refractivity contribution in [3.63, 3.8) is 0 Å². The van der Waals surface area contributed by atoms with Crippen LogP contribution in [0.1, 0.15) is 11.1 Å². The number of nitrogens with zero attached hydrogens (tertiary/aromatic N) is 1. The third-order valence-corrected chi connectivity index (χ3v) is 6.59. The number of rotatable bonds is 7. The van der Waals surface area contributed by atoms with E-state index in [2.05, 4.69) is 32.2 Å². The van der Waals surface area contributed by atoms with Gasteiger partial charge in [-0.2, -0.15) is 0 Å². The summed E-state index contributed by atoms with van der Waals surface area (Å²) in [6.45, 7) is 4.08. The largest absolute Gasteiger partial charge is 0.488 e. The number of benzene rings is 3. The van der Waals surface area contributed by atoms with Crippen LogP contribution in [0.2, 0.25) is 15.1 Å². The summed E-state index contributed by atoms with van der Waals surface area (Å²) < 4.78 is 12.5. The summed E-state index contributed by atoms with van der Waals surface area (Å²) in [4.78, 5) is 2.25. The molecule has 0 atom stereocenters. The summed E-state index contributed by atoms with van der Waals surface area (Å²) in [7, 11) is 0. The molecule has 4 nitrogen and oxygen atoms in total. The second kappa shape index (κ2) is 11.0. The van der Waals surface area contributed by atoms with Crippen molar-refractivity contribution in [2.24, 2.45) is 0 Å². The Hall–Kier alpha value is -1.63. The van der Waals surface area contributed by atoms with Crippen molar-refractivity contribution in [2.45, 2.75) is 13.2 Å². The van der Waals surface area contributed by atoms with Crippen molar-refractivity contribution < 1.29 is 9.47 Å². The van der Waals surface area contributed by atoms with Gasteiger partial charge < -0.3 is 19.7 Å². The molecular formula is C24H22BrCl3N2O2. The third kappa shape index (κ3) is 6.03. The fourth-order valence-corrected chi connectivity index (χ4v) is 4.67. The van der Waals surface area contributed by atoms with E-state index in [0.29, 0.717) is 23.2 Å². The Morgan fingerprint density at radius 1 is 0.906 bits per heavy atom.